The number of nitrogens with two attached hydrogens (primary N) is 1. The van der Waals surface area contributed by atoms with Crippen molar-refractivity contribution in [3.8, 4) is 0 Å². The Balaban J connectivity index is 2.32. The molecule has 0 spiro atoms. The fourth-order valence-electron chi connectivity index (χ4n) is 2.06. The van der Waals surface area contributed by atoms with Crippen LogP contribution >= 0.6 is 0 Å². The van der Waals surface area contributed by atoms with Gasteiger partial charge in [0.15, 0.2) is 0 Å². The first kappa shape index (κ1) is 15.5. The van der Waals surface area contributed by atoms with Gasteiger partial charge in [-0.25, -0.2) is 0 Å². The van der Waals surface area contributed by atoms with Crippen LogP contribution in [0.4, 0.5) is 11.4 Å². The fourth-order valence-corrected chi connectivity index (χ4v) is 2.06. The first-order valence-corrected chi connectivity index (χ1v) is 6.92. The second-order valence-electron chi connectivity index (χ2n) is 5.00. The van der Waals surface area contributed by atoms with Crippen molar-refractivity contribution in [3.63, 3.8) is 0 Å². The minimum Gasteiger partial charge on any atom is -0.399 e. The van der Waals surface area contributed by atoms with E-state index in [4.69, 9.17) is 5.73 Å². The Labute approximate surface area is 116 Å². The lowest BCUT2D eigenvalue weighted by Crippen LogP contribution is -2.32. The van der Waals surface area contributed by atoms with Crippen molar-refractivity contribution in [2.45, 2.75) is 39.7 Å². The molecule has 0 fully saturated rings. The molecule has 0 atom stereocenters. The summed E-state index contributed by atoms with van der Waals surface area (Å²) in [6, 6.07) is 7.78. The van der Waals surface area contributed by atoms with Crippen molar-refractivity contribution in [1.82, 2.24) is 4.90 Å². The highest BCUT2D eigenvalue weighted by atomic mass is 16.1. The Morgan fingerprint density at radius 1 is 1.42 bits per heavy atom. The summed E-state index contributed by atoms with van der Waals surface area (Å²) in [6.45, 7) is 8.48. The second kappa shape index (κ2) is 7.79. The van der Waals surface area contributed by atoms with Crippen molar-refractivity contribution < 1.29 is 4.79 Å². The molecular weight excluding hydrogens is 238 g/mol. The van der Waals surface area contributed by atoms with Gasteiger partial charge >= 0.3 is 0 Å². The summed E-state index contributed by atoms with van der Waals surface area (Å²) in [5.41, 5.74) is 7.09. The van der Waals surface area contributed by atoms with Gasteiger partial charge in [0.25, 0.3) is 0 Å². The maximum atomic E-state index is 11.8. The Bertz CT molecular complexity index is 404. The van der Waals surface area contributed by atoms with Gasteiger partial charge in [-0.2, -0.15) is 0 Å². The van der Waals surface area contributed by atoms with E-state index in [1.165, 1.54) is 0 Å². The quantitative estimate of drug-likeness (QED) is 0.744. The predicted octanol–water partition coefficient (Wildman–Crippen LogP) is 2.72. The van der Waals surface area contributed by atoms with Gasteiger partial charge in [0.2, 0.25) is 5.91 Å². The van der Waals surface area contributed by atoms with Gasteiger partial charge in [0, 0.05) is 23.8 Å². The molecule has 0 saturated heterocycles. The minimum atomic E-state index is 0.0467. The highest BCUT2D eigenvalue weighted by Crippen LogP contribution is 2.12. The van der Waals surface area contributed by atoms with Crippen LogP contribution in [0, 0.1) is 0 Å². The van der Waals surface area contributed by atoms with Gasteiger partial charge in [0.05, 0.1) is 0 Å². The maximum absolute atomic E-state index is 11.8. The van der Waals surface area contributed by atoms with Gasteiger partial charge in [-0.05, 0) is 51.6 Å². The largest absolute Gasteiger partial charge is 0.399 e. The summed E-state index contributed by atoms with van der Waals surface area (Å²) in [5.74, 6) is 0.0467. The molecule has 0 aliphatic heterocycles. The molecule has 3 N–H and O–H groups in total. The average molecular weight is 263 g/mol. The van der Waals surface area contributed by atoms with E-state index in [0.717, 1.165) is 25.2 Å². The zero-order valence-corrected chi connectivity index (χ0v) is 12.1. The van der Waals surface area contributed by atoms with E-state index >= 15 is 0 Å². The minimum absolute atomic E-state index is 0.0467. The molecule has 4 heteroatoms. The summed E-state index contributed by atoms with van der Waals surface area (Å²) < 4.78 is 0. The molecule has 0 bridgehead atoms. The molecule has 0 radical (unpaired) electrons. The molecular formula is C15H25N3O. The first-order valence-electron chi connectivity index (χ1n) is 6.92. The number of rotatable bonds is 7. The molecule has 0 saturated carbocycles. The molecule has 0 aliphatic rings. The lowest BCUT2D eigenvalue weighted by Gasteiger charge is -2.24. The van der Waals surface area contributed by atoms with Gasteiger partial charge in [-0.1, -0.05) is 13.0 Å². The van der Waals surface area contributed by atoms with Crippen LogP contribution in [-0.4, -0.2) is 29.9 Å². The van der Waals surface area contributed by atoms with E-state index in [-0.39, 0.29) is 5.91 Å². The number of carbonyl (C=O) groups excluding carboxylic acids is 1. The molecule has 0 aliphatic carbocycles. The Hall–Kier alpha value is -1.55. The van der Waals surface area contributed by atoms with Crippen LogP contribution in [-0.2, 0) is 4.79 Å². The lowest BCUT2D eigenvalue weighted by molar-refractivity contribution is -0.116. The van der Waals surface area contributed by atoms with Crippen LogP contribution < -0.4 is 11.1 Å². The topological polar surface area (TPSA) is 58.4 Å². The van der Waals surface area contributed by atoms with Crippen molar-refractivity contribution >= 4 is 17.3 Å². The molecule has 4 nitrogen and oxygen atoms in total. The summed E-state index contributed by atoms with van der Waals surface area (Å²) in [7, 11) is 0. The lowest BCUT2D eigenvalue weighted by atomic mass is 10.2. The number of nitrogens with zero attached hydrogens (tertiary/aromatic N) is 1. The Morgan fingerprint density at radius 2 is 2.16 bits per heavy atom. The second-order valence-corrected chi connectivity index (χ2v) is 5.00. The number of hydrogen-bond donors (Lipinski definition) is 2. The standard InChI is InChI=1S/C15H25N3O/c1-4-18(12(2)3)10-6-9-15(19)17-14-8-5-7-13(16)11-14/h5,7-8,11-12H,4,6,9-10,16H2,1-3H3,(H,17,19). The van der Waals surface area contributed by atoms with Crippen LogP contribution in [0.2, 0.25) is 0 Å². The first-order chi connectivity index (χ1) is 9.02. The van der Waals surface area contributed by atoms with Crippen molar-refractivity contribution in [2.24, 2.45) is 0 Å². The zero-order valence-electron chi connectivity index (χ0n) is 12.1. The Morgan fingerprint density at radius 3 is 2.74 bits per heavy atom. The monoisotopic (exact) mass is 263 g/mol. The molecule has 106 valence electrons. The number of benzene rings is 1. The maximum Gasteiger partial charge on any atom is 0.224 e. The smallest absolute Gasteiger partial charge is 0.224 e. The molecule has 19 heavy (non-hydrogen) atoms. The van der Waals surface area contributed by atoms with Gasteiger partial charge in [-0.3, -0.25) is 4.79 Å². The van der Waals surface area contributed by atoms with E-state index in [2.05, 4.69) is 31.0 Å². The highest BCUT2D eigenvalue weighted by molar-refractivity contribution is 5.91. The molecule has 0 aromatic heterocycles. The van der Waals surface area contributed by atoms with Crippen molar-refractivity contribution in [2.75, 3.05) is 24.1 Å². The normalized spacial score (nSPS) is 11.0. The van der Waals surface area contributed by atoms with E-state index < -0.39 is 0 Å². The summed E-state index contributed by atoms with van der Waals surface area (Å²) in [5, 5.41) is 2.87. The Kier molecular flexibility index (Phi) is 6.36. The van der Waals surface area contributed by atoms with Gasteiger partial charge in [0.1, 0.15) is 0 Å². The predicted molar refractivity (Wildman–Crippen MR) is 81.1 cm³/mol. The van der Waals surface area contributed by atoms with Crippen LogP contribution in [0.25, 0.3) is 0 Å². The van der Waals surface area contributed by atoms with E-state index in [1.807, 2.05) is 12.1 Å². The third-order valence-electron chi connectivity index (χ3n) is 3.16. The van der Waals surface area contributed by atoms with Crippen molar-refractivity contribution in [3.05, 3.63) is 24.3 Å². The van der Waals surface area contributed by atoms with Crippen molar-refractivity contribution in [1.29, 1.82) is 0 Å². The third kappa shape index (κ3) is 5.75. The SMILES string of the molecule is CCN(CCCC(=O)Nc1cccc(N)c1)C(C)C. The van der Waals surface area contributed by atoms with Crippen LogP contribution in [0.15, 0.2) is 24.3 Å². The number of hydrogen-bond acceptors (Lipinski definition) is 3. The molecule has 0 heterocycles. The van der Waals surface area contributed by atoms with E-state index in [0.29, 0.717) is 18.2 Å². The molecule has 0 unspecified atom stereocenters. The number of anilines is 2. The van der Waals surface area contributed by atoms with Crippen LogP contribution in [0.5, 0.6) is 0 Å². The zero-order chi connectivity index (χ0) is 14.3. The van der Waals surface area contributed by atoms with Crippen LogP contribution in [0.3, 0.4) is 0 Å². The number of nitrogen functional groups attached to an aromatic ring is 1. The van der Waals surface area contributed by atoms with Gasteiger partial charge in [-0.15, -0.1) is 0 Å². The number of amides is 1. The fraction of sp³-hybridized carbons (Fsp3) is 0.533. The average Bonchev–Trinajstić information content (AvgIpc) is 2.34. The molecule has 1 aromatic rings. The van der Waals surface area contributed by atoms with Crippen LogP contribution in [0.1, 0.15) is 33.6 Å². The molecule has 1 amide bonds. The number of nitrogens with one attached hydrogen (secondary N) is 1. The molecule has 1 rings (SSSR count). The third-order valence-corrected chi connectivity index (χ3v) is 3.16. The molecule has 1 aromatic carbocycles. The summed E-state index contributed by atoms with van der Waals surface area (Å²) >= 11 is 0. The highest BCUT2D eigenvalue weighted by Gasteiger charge is 2.08. The number of carbonyl (C=O) groups is 1. The van der Waals surface area contributed by atoms with Gasteiger partial charge < -0.3 is 16.0 Å². The summed E-state index contributed by atoms with van der Waals surface area (Å²) in [6.07, 6.45) is 1.41. The summed E-state index contributed by atoms with van der Waals surface area (Å²) in [4.78, 5) is 14.1. The van der Waals surface area contributed by atoms with E-state index in [1.54, 1.807) is 12.1 Å². The van der Waals surface area contributed by atoms with E-state index in [9.17, 15) is 4.79 Å².